The molecule has 2 N–H and O–H groups in total. The second-order valence-corrected chi connectivity index (χ2v) is 8.48. The van der Waals surface area contributed by atoms with Crippen LogP contribution in [0.5, 0.6) is 0 Å². The van der Waals surface area contributed by atoms with Gasteiger partial charge in [-0.05, 0) is 43.3 Å². The third-order valence-electron chi connectivity index (χ3n) is 5.60. The molecule has 1 amide bonds. The van der Waals surface area contributed by atoms with Crippen LogP contribution in [0.3, 0.4) is 0 Å². The van der Waals surface area contributed by atoms with Crippen LogP contribution in [-0.4, -0.2) is 44.8 Å². The number of benzene rings is 2. The zero-order valence-electron chi connectivity index (χ0n) is 17.0. The van der Waals surface area contributed by atoms with Crippen molar-refractivity contribution in [2.75, 3.05) is 18.4 Å². The maximum Gasteiger partial charge on any atom is 0.325 e. The normalized spacial score (nSPS) is 14.8. The lowest BCUT2D eigenvalue weighted by Gasteiger charge is -2.51. The highest BCUT2D eigenvalue weighted by atomic mass is 35.5. The molecule has 1 saturated heterocycles. The van der Waals surface area contributed by atoms with Gasteiger partial charge < -0.3 is 15.3 Å². The second kappa shape index (κ2) is 8.11. The molecule has 1 aromatic heterocycles. The van der Waals surface area contributed by atoms with E-state index in [1.807, 2.05) is 6.07 Å². The van der Waals surface area contributed by atoms with Crippen molar-refractivity contribution in [3.63, 3.8) is 0 Å². The standard InChI is InChI=1S/C22H19Cl2FN4O3/c1-3-18(30)28-10-22(11-28,20-16(25)7-6-15(23)21(20)24)26-13-4-5-14-12(2)29(9-19(31)32)27-17(14)8-13/h3-8,26H,1,9-11H2,2H3,(H,31,32). The number of aliphatic carboxylic acids is 1. The van der Waals surface area contributed by atoms with Gasteiger partial charge in [-0.1, -0.05) is 29.8 Å². The van der Waals surface area contributed by atoms with Gasteiger partial charge in [0, 0.05) is 22.3 Å². The van der Waals surface area contributed by atoms with Crippen molar-refractivity contribution in [1.29, 1.82) is 0 Å². The number of likely N-dealkylation sites (tertiary alicyclic amines) is 1. The number of carboxylic acid groups (broad SMARTS) is 1. The number of carboxylic acids is 1. The molecule has 0 aliphatic carbocycles. The highest BCUT2D eigenvalue weighted by Crippen LogP contribution is 2.43. The summed E-state index contributed by atoms with van der Waals surface area (Å²) in [4.78, 5) is 24.7. The number of nitrogens with zero attached hydrogens (tertiary/aromatic N) is 3. The molecule has 1 aliphatic rings. The molecule has 166 valence electrons. The zero-order chi connectivity index (χ0) is 23.2. The van der Waals surface area contributed by atoms with E-state index in [0.717, 1.165) is 11.1 Å². The number of nitrogens with one attached hydrogen (secondary N) is 1. The summed E-state index contributed by atoms with van der Waals surface area (Å²) in [5.74, 6) is -1.81. The number of amides is 1. The van der Waals surface area contributed by atoms with E-state index >= 15 is 0 Å². The summed E-state index contributed by atoms with van der Waals surface area (Å²) in [7, 11) is 0. The molecule has 3 aromatic rings. The Kier molecular flexibility index (Phi) is 5.60. The minimum atomic E-state index is -1.02. The van der Waals surface area contributed by atoms with E-state index in [9.17, 15) is 14.0 Å². The summed E-state index contributed by atoms with van der Waals surface area (Å²) in [6.45, 7) is 5.34. The van der Waals surface area contributed by atoms with E-state index < -0.39 is 17.3 Å². The first-order valence-corrected chi connectivity index (χ1v) is 10.4. The maximum absolute atomic E-state index is 14.9. The molecule has 0 saturated carbocycles. The first-order valence-electron chi connectivity index (χ1n) is 9.67. The molecule has 7 nitrogen and oxygen atoms in total. The highest BCUT2D eigenvalue weighted by molar-refractivity contribution is 6.42. The summed E-state index contributed by atoms with van der Waals surface area (Å²) in [5.41, 5.74) is 1.07. The van der Waals surface area contributed by atoms with Crippen molar-refractivity contribution in [2.45, 2.75) is 19.0 Å². The summed E-state index contributed by atoms with van der Waals surface area (Å²) < 4.78 is 16.3. The minimum Gasteiger partial charge on any atom is -0.480 e. The Morgan fingerprint density at radius 2 is 2.03 bits per heavy atom. The Balaban J connectivity index is 1.75. The molecule has 10 heteroatoms. The molecule has 1 aliphatic heterocycles. The van der Waals surface area contributed by atoms with Crippen molar-refractivity contribution in [3.8, 4) is 0 Å². The van der Waals surface area contributed by atoms with E-state index in [2.05, 4.69) is 17.0 Å². The fourth-order valence-corrected chi connectivity index (χ4v) is 4.55. The van der Waals surface area contributed by atoms with Gasteiger partial charge in [0.2, 0.25) is 5.91 Å². The number of rotatable bonds is 6. The summed E-state index contributed by atoms with van der Waals surface area (Å²) in [6, 6.07) is 7.97. The molecular formula is C22H19Cl2FN4O3. The fourth-order valence-electron chi connectivity index (χ4n) is 4.06. The topological polar surface area (TPSA) is 87.5 Å². The van der Waals surface area contributed by atoms with Gasteiger partial charge in [0.25, 0.3) is 0 Å². The van der Waals surface area contributed by atoms with E-state index in [1.54, 1.807) is 19.1 Å². The Labute approximate surface area is 193 Å². The van der Waals surface area contributed by atoms with Crippen LogP contribution >= 0.6 is 23.2 Å². The third kappa shape index (κ3) is 3.69. The van der Waals surface area contributed by atoms with Gasteiger partial charge in [-0.25, -0.2) is 4.39 Å². The first kappa shape index (κ1) is 22.1. The number of carbonyl (C=O) groups is 2. The zero-order valence-corrected chi connectivity index (χ0v) is 18.5. The van der Waals surface area contributed by atoms with Gasteiger partial charge >= 0.3 is 5.97 Å². The SMILES string of the molecule is C=CC(=O)N1CC(Nc2ccc3c(C)n(CC(=O)O)nc3c2)(c2c(F)ccc(Cl)c2Cl)C1. The van der Waals surface area contributed by atoms with Crippen LogP contribution in [0.15, 0.2) is 43.0 Å². The molecule has 2 aromatic carbocycles. The van der Waals surface area contributed by atoms with E-state index in [1.165, 1.54) is 27.8 Å². The van der Waals surface area contributed by atoms with Gasteiger partial charge in [0.05, 0.1) is 28.7 Å². The van der Waals surface area contributed by atoms with Crippen LogP contribution in [0.2, 0.25) is 10.0 Å². The smallest absolute Gasteiger partial charge is 0.325 e. The Morgan fingerprint density at radius 1 is 1.31 bits per heavy atom. The van der Waals surface area contributed by atoms with Crippen LogP contribution in [0.4, 0.5) is 10.1 Å². The molecule has 1 fully saturated rings. The number of aryl methyl sites for hydroxylation is 1. The molecule has 2 heterocycles. The van der Waals surface area contributed by atoms with Crippen LogP contribution in [0.25, 0.3) is 10.9 Å². The van der Waals surface area contributed by atoms with Gasteiger partial charge in [0.15, 0.2) is 0 Å². The lowest BCUT2D eigenvalue weighted by atomic mass is 9.81. The number of hydrogen-bond acceptors (Lipinski definition) is 4. The molecule has 0 atom stereocenters. The molecule has 0 bridgehead atoms. The van der Waals surface area contributed by atoms with Crippen molar-refractivity contribution in [2.24, 2.45) is 0 Å². The average molecular weight is 477 g/mol. The van der Waals surface area contributed by atoms with Crippen LogP contribution < -0.4 is 5.32 Å². The fraction of sp³-hybridized carbons (Fsp3) is 0.227. The number of aromatic nitrogens is 2. The Hall–Kier alpha value is -3.10. The van der Waals surface area contributed by atoms with Gasteiger partial charge in [-0.3, -0.25) is 14.3 Å². The predicted molar refractivity (Wildman–Crippen MR) is 121 cm³/mol. The van der Waals surface area contributed by atoms with Gasteiger partial charge in [-0.2, -0.15) is 5.10 Å². The van der Waals surface area contributed by atoms with E-state index in [-0.39, 0.29) is 41.2 Å². The highest BCUT2D eigenvalue weighted by Gasteiger charge is 2.49. The lowest BCUT2D eigenvalue weighted by Crippen LogP contribution is -2.65. The quantitative estimate of drug-likeness (QED) is 0.410. The first-order chi connectivity index (χ1) is 15.1. The number of fused-ring (bicyclic) bond motifs is 1. The lowest BCUT2D eigenvalue weighted by molar-refractivity contribution is -0.138. The minimum absolute atomic E-state index is 0.0764. The molecule has 0 unspecified atom stereocenters. The third-order valence-corrected chi connectivity index (χ3v) is 6.41. The monoisotopic (exact) mass is 476 g/mol. The van der Waals surface area contributed by atoms with Crippen LogP contribution in [0.1, 0.15) is 11.3 Å². The maximum atomic E-state index is 14.9. The second-order valence-electron chi connectivity index (χ2n) is 7.69. The molecule has 4 rings (SSSR count). The molecule has 0 spiro atoms. The van der Waals surface area contributed by atoms with Gasteiger partial charge in [0.1, 0.15) is 17.9 Å². The van der Waals surface area contributed by atoms with Crippen molar-refractivity contribution < 1.29 is 19.1 Å². The van der Waals surface area contributed by atoms with E-state index in [4.69, 9.17) is 28.3 Å². The molecular weight excluding hydrogens is 458 g/mol. The summed E-state index contributed by atoms with van der Waals surface area (Å²) >= 11 is 12.5. The number of hydrogen-bond donors (Lipinski definition) is 2. The largest absolute Gasteiger partial charge is 0.480 e. The molecule has 32 heavy (non-hydrogen) atoms. The predicted octanol–water partition coefficient (Wildman–Crippen LogP) is 4.21. The summed E-state index contributed by atoms with van der Waals surface area (Å²) in [5, 5.41) is 17.8. The van der Waals surface area contributed by atoms with Gasteiger partial charge in [-0.15, -0.1) is 0 Å². The van der Waals surface area contributed by atoms with E-state index in [0.29, 0.717) is 11.2 Å². The van der Waals surface area contributed by atoms with Crippen molar-refractivity contribution in [3.05, 3.63) is 70.1 Å². The number of halogens is 3. The Bertz CT molecular complexity index is 1270. The van der Waals surface area contributed by atoms with Crippen molar-refractivity contribution in [1.82, 2.24) is 14.7 Å². The molecule has 0 radical (unpaired) electrons. The van der Waals surface area contributed by atoms with Crippen molar-refractivity contribution >= 4 is 51.7 Å². The van der Waals surface area contributed by atoms with Crippen LogP contribution in [0, 0.1) is 12.7 Å². The van der Waals surface area contributed by atoms with Crippen LogP contribution in [-0.2, 0) is 21.7 Å². The summed E-state index contributed by atoms with van der Waals surface area (Å²) in [6.07, 6.45) is 1.20. The Morgan fingerprint density at radius 3 is 2.69 bits per heavy atom. The number of anilines is 1. The average Bonchev–Trinajstić information content (AvgIpc) is 3.02. The number of carbonyl (C=O) groups excluding carboxylic acids is 1.